The van der Waals surface area contributed by atoms with Gasteiger partial charge in [-0.3, -0.25) is 14.5 Å². The fourth-order valence-corrected chi connectivity index (χ4v) is 4.04. The van der Waals surface area contributed by atoms with Crippen molar-refractivity contribution in [2.24, 2.45) is 7.05 Å². The second kappa shape index (κ2) is 9.80. The van der Waals surface area contributed by atoms with Crippen LogP contribution in [0.5, 0.6) is 5.75 Å². The maximum atomic E-state index is 13.2. The highest BCUT2D eigenvalue weighted by molar-refractivity contribution is 5.94. The maximum Gasteiger partial charge on any atom is 0.272 e. The summed E-state index contributed by atoms with van der Waals surface area (Å²) in [6.45, 7) is 2.55. The molecule has 4 heterocycles. The number of aryl methyl sites for hydroxylation is 1. The number of piperazine rings is 1. The number of carbonyl (C=O) groups is 1. The molecule has 1 aromatic carbocycles. The summed E-state index contributed by atoms with van der Waals surface area (Å²) in [5.74, 6) is 2.17. The van der Waals surface area contributed by atoms with E-state index in [0.717, 1.165) is 28.5 Å². The molecule has 0 radical (unpaired) electrons. The SMILES string of the molecule is COc1cccc(-c2cc(C(=O)N3CCN(c4ccc(Nc5ccncc5)nn4)CC3)n(C)n2)c1. The number of hydrogen-bond donors (Lipinski definition) is 1. The Bertz CT molecular complexity index is 1300. The number of ether oxygens (including phenoxy) is 1. The standard InChI is InChI=1S/C25H26N8O2/c1-31-22(17-21(30-31)18-4-3-5-20(16-18)35-2)25(34)33-14-12-32(13-15-33)24-7-6-23(28-29-24)27-19-8-10-26-11-9-19/h3-11,16-17H,12-15H2,1-2H3,(H,26,27,28). The van der Waals surface area contributed by atoms with E-state index < -0.39 is 0 Å². The topological polar surface area (TPSA) is 101 Å². The third kappa shape index (κ3) is 4.91. The van der Waals surface area contributed by atoms with Crippen molar-refractivity contribution in [3.63, 3.8) is 0 Å². The van der Waals surface area contributed by atoms with Crippen LogP contribution in [0.2, 0.25) is 0 Å². The molecule has 10 heteroatoms. The van der Waals surface area contributed by atoms with Crippen molar-refractivity contribution in [2.45, 2.75) is 0 Å². The number of methoxy groups -OCH3 is 1. The van der Waals surface area contributed by atoms with Crippen LogP contribution in [-0.2, 0) is 7.05 Å². The number of pyridine rings is 1. The van der Waals surface area contributed by atoms with Gasteiger partial charge in [-0.1, -0.05) is 12.1 Å². The Hall–Kier alpha value is -4.47. The van der Waals surface area contributed by atoms with Gasteiger partial charge in [0, 0.05) is 56.9 Å². The van der Waals surface area contributed by atoms with Crippen LogP contribution in [-0.4, -0.2) is 69.1 Å². The zero-order valence-electron chi connectivity index (χ0n) is 19.6. The molecule has 10 nitrogen and oxygen atoms in total. The van der Waals surface area contributed by atoms with Crippen molar-refractivity contribution < 1.29 is 9.53 Å². The molecule has 0 bridgehead atoms. The Labute approximate surface area is 203 Å². The number of hydrogen-bond acceptors (Lipinski definition) is 8. The number of aromatic nitrogens is 5. The third-order valence-electron chi connectivity index (χ3n) is 5.96. The fourth-order valence-electron chi connectivity index (χ4n) is 4.04. The van der Waals surface area contributed by atoms with Crippen LogP contribution in [0, 0.1) is 0 Å². The van der Waals surface area contributed by atoms with Gasteiger partial charge in [0.05, 0.1) is 12.8 Å². The molecule has 178 valence electrons. The molecule has 5 rings (SSSR count). The van der Waals surface area contributed by atoms with Gasteiger partial charge in [0.1, 0.15) is 11.4 Å². The first-order valence-electron chi connectivity index (χ1n) is 11.3. The molecule has 1 aliphatic heterocycles. The van der Waals surface area contributed by atoms with Crippen molar-refractivity contribution in [1.82, 2.24) is 29.9 Å². The number of anilines is 3. The molecule has 1 saturated heterocycles. The van der Waals surface area contributed by atoms with Crippen molar-refractivity contribution in [3.8, 4) is 17.0 Å². The Kier molecular flexibility index (Phi) is 6.25. The van der Waals surface area contributed by atoms with E-state index in [2.05, 4.69) is 30.5 Å². The van der Waals surface area contributed by atoms with Crippen molar-refractivity contribution >= 4 is 23.2 Å². The predicted octanol–water partition coefficient (Wildman–Crippen LogP) is 2.99. The smallest absolute Gasteiger partial charge is 0.272 e. The lowest BCUT2D eigenvalue weighted by Crippen LogP contribution is -2.49. The van der Waals surface area contributed by atoms with Crippen molar-refractivity contribution in [1.29, 1.82) is 0 Å². The third-order valence-corrected chi connectivity index (χ3v) is 5.96. The molecule has 1 fully saturated rings. The summed E-state index contributed by atoms with van der Waals surface area (Å²) >= 11 is 0. The lowest BCUT2D eigenvalue weighted by molar-refractivity contribution is 0.0735. The van der Waals surface area contributed by atoms with Gasteiger partial charge in [-0.15, -0.1) is 10.2 Å². The average Bonchev–Trinajstić information content (AvgIpc) is 3.31. The Morgan fingerprint density at radius 1 is 0.971 bits per heavy atom. The fraction of sp³-hybridized carbons (Fsp3) is 0.240. The van der Waals surface area contributed by atoms with E-state index >= 15 is 0 Å². The van der Waals surface area contributed by atoms with Gasteiger partial charge in [0.25, 0.3) is 5.91 Å². The number of nitrogens with one attached hydrogen (secondary N) is 1. The zero-order valence-corrected chi connectivity index (χ0v) is 19.6. The molecule has 1 aliphatic rings. The van der Waals surface area contributed by atoms with E-state index in [4.69, 9.17) is 4.74 Å². The summed E-state index contributed by atoms with van der Waals surface area (Å²) in [7, 11) is 3.43. The van der Waals surface area contributed by atoms with Crippen LogP contribution in [0.3, 0.4) is 0 Å². The minimum Gasteiger partial charge on any atom is -0.497 e. The van der Waals surface area contributed by atoms with Crippen LogP contribution < -0.4 is 15.0 Å². The van der Waals surface area contributed by atoms with E-state index in [1.54, 1.807) is 31.2 Å². The Morgan fingerprint density at radius 2 is 1.77 bits per heavy atom. The zero-order chi connectivity index (χ0) is 24.2. The van der Waals surface area contributed by atoms with Crippen LogP contribution in [0.25, 0.3) is 11.3 Å². The first-order valence-corrected chi connectivity index (χ1v) is 11.3. The summed E-state index contributed by atoms with van der Waals surface area (Å²) in [5.41, 5.74) is 3.11. The number of carbonyl (C=O) groups excluding carboxylic acids is 1. The summed E-state index contributed by atoms with van der Waals surface area (Å²) in [4.78, 5) is 21.2. The van der Waals surface area contributed by atoms with E-state index in [-0.39, 0.29) is 5.91 Å². The number of rotatable bonds is 6. The highest BCUT2D eigenvalue weighted by atomic mass is 16.5. The first kappa shape index (κ1) is 22.3. The van der Waals surface area contributed by atoms with Crippen molar-refractivity contribution in [2.75, 3.05) is 43.5 Å². The molecule has 0 aliphatic carbocycles. The molecular formula is C25H26N8O2. The summed E-state index contributed by atoms with van der Waals surface area (Å²) < 4.78 is 6.95. The minimum atomic E-state index is -0.0308. The van der Waals surface area contributed by atoms with Crippen LogP contribution >= 0.6 is 0 Å². The monoisotopic (exact) mass is 470 g/mol. The van der Waals surface area contributed by atoms with E-state index in [9.17, 15) is 4.79 Å². The maximum absolute atomic E-state index is 13.2. The van der Waals surface area contributed by atoms with Gasteiger partial charge in [-0.05, 0) is 42.5 Å². The van der Waals surface area contributed by atoms with Crippen LogP contribution in [0.15, 0.2) is 67.0 Å². The predicted molar refractivity (Wildman–Crippen MR) is 133 cm³/mol. The number of benzene rings is 1. The average molecular weight is 471 g/mol. The Balaban J connectivity index is 1.21. The molecule has 0 saturated carbocycles. The largest absolute Gasteiger partial charge is 0.497 e. The highest BCUT2D eigenvalue weighted by Crippen LogP contribution is 2.24. The van der Waals surface area contributed by atoms with Gasteiger partial charge >= 0.3 is 0 Å². The molecular weight excluding hydrogens is 444 g/mol. The second-order valence-corrected chi connectivity index (χ2v) is 8.19. The Morgan fingerprint density at radius 3 is 2.49 bits per heavy atom. The molecule has 0 spiro atoms. The van der Waals surface area contributed by atoms with Gasteiger partial charge in [0.15, 0.2) is 11.6 Å². The van der Waals surface area contributed by atoms with Gasteiger partial charge in [0.2, 0.25) is 0 Å². The molecule has 1 amide bonds. The van der Waals surface area contributed by atoms with E-state index in [1.165, 1.54) is 0 Å². The van der Waals surface area contributed by atoms with Gasteiger partial charge in [-0.2, -0.15) is 5.10 Å². The molecule has 1 N–H and O–H groups in total. The number of nitrogens with zero attached hydrogens (tertiary/aromatic N) is 7. The summed E-state index contributed by atoms with van der Waals surface area (Å²) in [6.07, 6.45) is 3.44. The second-order valence-electron chi connectivity index (χ2n) is 8.19. The summed E-state index contributed by atoms with van der Waals surface area (Å²) in [6, 6.07) is 17.1. The summed E-state index contributed by atoms with van der Waals surface area (Å²) in [5, 5.41) is 16.4. The molecule has 35 heavy (non-hydrogen) atoms. The normalized spacial score (nSPS) is 13.5. The molecule has 0 atom stereocenters. The van der Waals surface area contributed by atoms with E-state index in [1.807, 2.05) is 59.5 Å². The van der Waals surface area contributed by atoms with Gasteiger partial charge in [-0.25, -0.2) is 0 Å². The van der Waals surface area contributed by atoms with E-state index in [0.29, 0.717) is 37.7 Å². The van der Waals surface area contributed by atoms with Crippen molar-refractivity contribution in [3.05, 3.63) is 72.7 Å². The van der Waals surface area contributed by atoms with Gasteiger partial charge < -0.3 is 19.9 Å². The quantitative estimate of drug-likeness (QED) is 0.459. The first-order chi connectivity index (χ1) is 17.1. The lowest BCUT2D eigenvalue weighted by Gasteiger charge is -2.35. The minimum absolute atomic E-state index is 0.0308. The highest BCUT2D eigenvalue weighted by Gasteiger charge is 2.25. The number of amides is 1. The molecule has 0 unspecified atom stereocenters. The molecule has 3 aromatic heterocycles. The molecule has 4 aromatic rings. The lowest BCUT2D eigenvalue weighted by atomic mass is 10.1. The van der Waals surface area contributed by atoms with Crippen LogP contribution in [0.4, 0.5) is 17.3 Å². The van der Waals surface area contributed by atoms with Crippen LogP contribution in [0.1, 0.15) is 10.5 Å².